The molecule has 7 heteroatoms. The number of unbranched alkanes of at least 4 members (excludes halogenated alkanes) is 1. The smallest absolute Gasteiger partial charge is 0.407 e. The van der Waals surface area contributed by atoms with Crippen molar-refractivity contribution in [3.63, 3.8) is 0 Å². The summed E-state index contributed by atoms with van der Waals surface area (Å²) in [5.74, 6) is -0.340. The normalized spacial score (nSPS) is 12.0. The van der Waals surface area contributed by atoms with Gasteiger partial charge in [-0.3, -0.25) is 4.79 Å². The summed E-state index contributed by atoms with van der Waals surface area (Å²) >= 11 is 0. The van der Waals surface area contributed by atoms with Crippen LogP contribution in [0.15, 0.2) is 41.7 Å². The van der Waals surface area contributed by atoms with E-state index in [2.05, 4.69) is 16.0 Å². The Hall–Kier alpha value is -2.70. The van der Waals surface area contributed by atoms with Gasteiger partial charge in [-0.1, -0.05) is 18.2 Å². The van der Waals surface area contributed by atoms with Gasteiger partial charge in [0, 0.05) is 25.0 Å². The predicted octanol–water partition coefficient (Wildman–Crippen LogP) is 2.71. The summed E-state index contributed by atoms with van der Waals surface area (Å²) in [6.07, 6.45) is 1.70. The second-order valence-electron chi connectivity index (χ2n) is 6.85. The molecule has 26 heavy (non-hydrogen) atoms. The number of amides is 2. The molecular weight excluding hydrogens is 332 g/mol. The molecule has 2 amide bonds. The van der Waals surface area contributed by atoms with E-state index >= 15 is 0 Å². The number of hydrogen-bond acceptors (Lipinski definition) is 5. The zero-order valence-electron chi connectivity index (χ0n) is 16.0. The first-order chi connectivity index (χ1) is 12.2. The molecule has 0 aliphatic rings. The molecule has 5 N–H and O–H groups in total. The van der Waals surface area contributed by atoms with Crippen molar-refractivity contribution in [2.45, 2.75) is 45.6 Å². The maximum Gasteiger partial charge on any atom is 0.407 e. The van der Waals surface area contributed by atoms with Gasteiger partial charge in [0.2, 0.25) is 0 Å². The predicted molar refractivity (Wildman–Crippen MR) is 103 cm³/mol. The van der Waals surface area contributed by atoms with Gasteiger partial charge in [-0.25, -0.2) is 4.79 Å². The number of carbonyl (C=O) groups excluding carboxylic acids is 2. The second kappa shape index (κ2) is 10.3. The van der Waals surface area contributed by atoms with Crippen molar-refractivity contribution in [3.8, 4) is 0 Å². The van der Waals surface area contributed by atoms with E-state index in [9.17, 15) is 9.59 Å². The highest BCUT2D eigenvalue weighted by Gasteiger charge is 2.15. The standard InChI is InChI=1S/C19H30N4O3/c1-19(2,3)26-18(25)22-13-9-8-12-15(21-4)16(20)17(24)23-14-10-6-5-7-11-14/h5-7,10-11,21H,8-9,12-13,20H2,1-4H3,(H,22,25)(H,23,24)/b16-15+. The zero-order valence-corrected chi connectivity index (χ0v) is 16.0. The molecule has 7 nitrogen and oxygen atoms in total. The summed E-state index contributed by atoms with van der Waals surface area (Å²) in [7, 11) is 1.73. The third kappa shape index (κ3) is 8.41. The third-order valence-corrected chi connectivity index (χ3v) is 3.42. The highest BCUT2D eigenvalue weighted by atomic mass is 16.6. The Labute approximate surface area is 155 Å². The van der Waals surface area contributed by atoms with E-state index in [0.29, 0.717) is 24.4 Å². The maximum absolute atomic E-state index is 12.2. The fourth-order valence-electron chi connectivity index (χ4n) is 2.18. The number of allylic oxidation sites excluding steroid dienone is 1. The largest absolute Gasteiger partial charge is 0.444 e. The van der Waals surface area contributed by atoms with Gasteiger partial charge in [0.05, 0.1) is 0 Å². The number of carbonyl (C=O) groups is 2. The van der Waals surface area contributed by atoms with Crippen LogP contribution in [0.25, 0.3) is 0 Å². The van der Waals surface area contributed by atoms with E-state index in [1.165, 1.54) is 0 Å². The molecule has 0 saturated carbocycles. The Morgan fingerprint density at radius 3 is 2.35 bits per heavy atom. The number of hydrogen-bond donors (Lipinski definition) is 4. The Morgan fingerprint density at radius 1 is 1.12 bits per heavy atom. The van der Waals surface area contributed by atoms with Crippen molar-refractivity contribution in [1.82, 2.24) is 10.6 Å². The van der Waals surface area contributed by atoms with Crippen molar-refractivity contribution < 1.29 is 14.3 Å². The van der Waals surface area contributed by atoms with Gasteiger partial charge in [-0.15, -0.1) is 0 Å². The summed E-state index contributed by atoms with van der Waals surface area (Å²) in [5.41, 5.74) is 6.99. The fraction of sp³-hybridized carbons (Fsp3) is 0.474. The van der Waals surface area contributed by atoms with Crippen LogP contribution in [0.1, 0.15) is 40.0 Å². The number of benzene rings is 1. The lowest BCUT2D eigenvalue weighted by Crippen LogP contribution is -2.33. The minimum atomic E-state index is -0.507. The topological polar surface area (TPSA) is 105 Å². The van der Waals surface area contributed by atoms with Crippen LogP contribution in [0.5, 0.6) is 0 Å². The highest BCUT2D eigenvalue weighted by molar-refractivity contribution is 6.03. The molecule has 0 radical (unpaired) electrons. The van der Waals surface area contributed by atoms with E-state index in [0.717, 1.165) is 12.8 Å². The van der Waals surface area contributed by atoms with Crippen LogP contribution in [0.3, 0.4) is 0 Å². The van der Waals surface area contributed by atoms with Gasteiger partial charge in [-0.05, 0) is 52.2 Å². The maximum atomic E-state index is 12.2. The monoisotopic (exact) mass is 362 g/mol. The minimum Gasteiger partial charge on any atom is -0.444 e. The molecule has 0 bridgehead atoms. The molecule has 0 aromatic heterocycles. The second-order valence-corrected chi connectivity index (χ2v) is 6.85. The molecule has 1 aromatic carbocycles. The first-order valence-corrected chi connectivity index (χ1v) is 8.72. The molecule has 0 aliphatic carbocycles. The zero-order chi connectivity index (χ0) is 19.6. The van der Waals surface area contributed by atoms with Crippen LogP contribution >= 0.6 is 0 Å². The third-order valence-electron chi connectivity index (χ3n) is 3.42. The Kier molecular flexibility index (Phi) is 8.48. The lowest BCUT2D eigenvalue weighted by molar-refractivity contribution is -0.113. The van der Waals surface area contributed by atoms with Crippen LogP contribution in [0, 0.1) is 0 Å². The summed E-state index contributed by atoms with van der Waals surface area (Å²) < 4.78 is 5.17. The quantitative estimate of drug-likeness (QED) is 0.420. The lowest BCUT2D eigenvalue weighted by atomic mass is 10.1. The number of rotatable bonds is 8. The van der Waals surface area contributed by atoms with E-state index in [1.54, 1.807) is 19.2 Å². The van der Waals surface area contributed by atoms with Crippen molar-refractivity contribution in [2.24, 2.45) is 5.73 Å². The summed E-state index contributed by atoms with van der Waals surface area (Å²) in [5, 5.41) is 8.45. The first-order valence-electron chi connectivity index (χ1n) is 8.72. The molecule has 0 atom stereocenters. The SMILES string of the molecule is CN/C(CCCCNC(=O)OC(C)(C)C)=C(/N)C(=O)Nc1ccccc1. The van der Waals surface area contributed by atoms with Gasteiger partial charge < -0.3 is 26.4 Å². The number of alkyl carbamates (subject to hydrolysis) is 1. The first kappa shape index (κ1) is 21.3. The van der Waals surface area contributed by atoms with E-state index < -0.39 is 11.7 Å². The van der Waals surface area contributed by atoms with Gasteiger partial charge in [0.15, 0.2) is 0 Å². The van der Waals surface area contributed by atoms with Crippen molar-refractivity contribution in [1.29, 1.82) is 0 Å². The van der Waals surface area contributed by atoms with E-state index in [4.69, 9.17) is 10.5 Å². The average Bonchev–Trinajstić information content (AvgIpc) is 2.57. The Morgan fingerprint density at radius 2 is 1.77 bits per heavy atom. The van der Waals surface area contributed by atoms with E-state index in [1.807, 2.05) is 39.0 Å². The van der Waals surface area contributed by atoms with E-state index in [-0.39, 0.29) is 11.6 Å². The molecule has 1 aromatic rings. The summed E-state index contributed by atoms with van der Waals surface area (Å²) in [6.45, 7) is 5.96. The molecule has 0 saturated heterocycles. The number of nitrogens with one attached hydrogen (secondary N) is 3. The fourth-order valence-corrected chi connectivity index (χ4v) is 2.18. The summed E-state index contributed by atoms with van der Waals surface area (Å²) in [4.78, 5) is 23.8. The number of anilines is 1. The summed E-state index contributed by atoms with van der Waals surface area (Å²) in [6, 6.07) is 9.15. The van der Waals surface area contributed by atoms with Crippen molar-refractivity contribution >= 4 is 17.7 Å². The van der Waals surface area contributed by atoms with Gasteiger partial charge in [-0.2, -0.15) is 0 Å². The minimum absolute atomic E-state index is 0.163. The lowest BCUT2D eigenvalue weighted by Gasteiger charge is -2.19. The molecule has 0 heterocycles. The van der Waals surface area contributed by atoms with Crippen LogP contribution < -0.4 is 21.7 Å². The number of para-hydroxylation sites is 1. The van der Waals surface area contributed by atoms with Crippen LogP contribution in [-0.4, -0.2) is 31.2 Å². The molecule has 144 valence electrons. The van der Waals surface area contributed by atoms with Crippen molar-refractivity contribution in [3.05, 3.63) is 41.7 Å². The Balaban J connectivity index is 2.41. The van der Waals surface area contributed by atoms with Gasteiger partial charge in [0.1, 0.15) is 11.3 Å². The molecular formula is C19H30N4O3. The van der Waals surface area contributed by atoms with Crippen molar-refractivity contribution in [2.75, 3.05) is 18.9 Å². The average molecular weight is 362 g/mol. The highest BCUT2D eigenvalue weighted by Crippen LogP contribution is 2.11. The van der Waals surface area contributed by atoms with Crippen LogP contribution in [0.4, 0.5) is 10.5 Å². The van der Waals surface area contributed by atoms with Crippen LogP contribution in [-0.2, 0) is 9.53 Å². The van der Waals surface area contributed by atoms with Gasteiger partial charge in [0.25, 0.3) is 5.91 Å². The number of ether oxygens (including phenoxy) is 1. The van der Waals surface area contributed by atoms with Crippen LogP contribution in [0.2, 0.25) is 0 Å². The molecule has 1 rings (SSSR count). The Bertz CT molecular complexity index is 621. The molecule has 0 unspecified atom stereocenters. The molecule has 0 aliphatic heterocycles. The van der Waals surface area contributed by atoms with Gasteiger partial charge >= 0.3 is 6.09 Å². The number of nitrogens with two attached hydrogens (primary N) is 1. The molecule has 0 spiro atoms. The molecule has 0 fully saturated rings.